The molecule has 0 spiro atoms. The smallest absolute Gasteiger partial charge is 0.212 e. The summed E-state index contributed by atoms with van der Waals surface area (Å²) in [5, 5.41) is 5.16. The van der Waals surface area contributed by atoms with Crippen molar-refractivity contribution in [1.29, 1.82) is 0 Å². The SMILES string of the molecule is Cn1c2ccccc2c2ccc3c(c21)C(=O)C(Nc1ccccc1)=CC3=O. The largest absolute Gasteiger partial charge is 0.352 e. The highest BCUT2D eigenvalue weighted by molar-refractivity contribution is 6.31. The number of ketones is 2. The summed E-state index contributed by atoms with van der Waals surface area (Å²) in [5.41, 5.74) is 3.84. The minimum absolute atomic E-state index is 0.157. The molecule has 1 aliphatic rings. The molecule has 27 heavy (non-hydrogen) atoms. The van der Waals surface area contributed by atoms with E-state index in [4.69, 9.17) is 0 Å². The van der Waals surface area contributed by atoms with Crippen LogP contribution in [0.25, 0.3) is 21.8 Å². The van der Waals surface area contributed by atoms with Crippen LogP contribution >= 0.6 is 0 Å². The van der Waals surface area contributed by atoms with Gasteiger partial charge in [-0.05, 0) is 24.3 Å². The number of nitrogens with one attached hydrogen (secondary N) is 1. The molecule has 0 unspecified atom stereocenters. The molecule has 4 nitrogen and oxygen atoms in total. The van der Waals surface area contributed by atoms with E-state index in [0.29, 0.717) is 16.8 Å². The second-order valence-electron chi connectivity index (χ2n) is 6.70. The highest BCUT2D eigenvalue weighted by atomic mass is 16.1. The van der Waals surface area contributed by atoms with E-state index in [-0.39, 0.29) is 11.6 Å². The Kier molecular flexibility index (Phi) is 3.28. The average Bonchev–Trinajstić information content (AvgIpc) is 2.99. The fourth-order valence-electron chi connectivity index (χ4n) is 3.89. The number of fused-ring (bicyclic) bond motifs is 5. The third-order valence-electron chi connectivity index (χ3n) is 5.13. The van der Waals surface area contributed by atoms with E-state index in [9.17, 15) is 9.59 Å². The third-order valence-corrected chi connectivity index (χ3v) is 5.13. The van der Waals surface area contributed by atoms with Crippen LogP contribution in [-0.2, 0) is 7.05 Å². The number of aromatic nitrogens is 1. The summed E-state index contributed by atoms with van der Waals surface area (Å²) in [4.78, 5) is 26.0. The molecule has 4 aromatic rings. The standard InChI is InChI=1S/C23H16N2O2/c1-25-19-10-6-5-9-15(19)16-11-12-17-20(26)13-18(23(27)21(17)22(16)25)24-14-7-3-2-4-8-14/h2-13,24H,1H3. The van der Waals surface area contributed by atoms with Crippen molar-refractivity contribution in [1.82, 2.24) is 4.57 Å². The van der Waals surface area contributed by atoms with E-state index in [1.807, 2.05) is 72.3 Å². The van der Waals surface area contributed by atoms with Crippen LogP contribution in [0, 0.1) is 0 Å². The number of anilines is 1. The van der Waals surface area contributed by atoms with Crippen molar-refractivity contribution in [3.8, 4) is 0 Å². The number of benzene rings is 3. The van der Waals surface area contributed by atoms with E-state index in [2.05, 4.69) is 5.32 Å². The van der Waals surface area contributed by atoms with E-state index in [1.54, 1.807) is 6.07 Å². The Bertz CT molecular complexity index is 1280. The van der Waals surface area contributed by atoms with Gasteiger partial charge in [-0.3, -0.25) is 9.59 Å². The molecule has 0 saturated heterocycles. The molecule has 1 N–H and O–H groups in total. The summed E-state index contributed by atoms with van der Waals surface area (Å²) in [6.07, 6.45) is 1.39. The Balaban J connectivity index is 1.74. The summed E-state index contributed by atoms with van der Waals surface area (Å²) < 4.78 is 2.00. The zero-order valence-electron chi connectivity index (χ0n) is 14.7. The predicted molar refractivity (Wildman–Crippen MR) is 107 cm³/mol. The number of hydrogen-bond donors (Lipinski definition) is 1. The molecule has 0 amide bonds. The van der Waals surface area contributed by atoms with Gasteiger partial charge in [-0.1, -0.05) is 42.5 Å². The van der Waals surface area contributed by atoms with Gasteiger partial charge in [-0.2, -0.15) is 0 Å². The molecule has 0 saturated carbocycles. The first-order chi connectivity index (χ1) is 13.1. The zero-order valence-corrected chi connectivity index (χ0v) is 14.7. The minimum atomic E-state index is -0.162. The lowest BCUT2D eigenvalue weighted by molar-refractivity contribution is 0.0986. The first-order valence-corrected chi connectivity index (χ1v) is 8.78. The lowest BCUT2D eigenvalue weighted by atomic mass is 9.90. The fourth-order valence-corrected chi connectivity index (χ4v) is 3.89. The summed E-state index contributed by atoms with van der Waals surface area (Å²) in [6.45, 7) is 0. The highest BCUT2D eigenvalue weighted by Gasteiger charge is 2.29. The van der Waals surface area contributed by atoms with Crippen LogP contribution in [0.3, 0.4) is 0 Å². The quantitative estimate of drug-likeness (QED) is 0.568. The molecule has 1 aromatic heterocycles. The van der Waals surface area contributed by atoms with Gasteiger partial charge >= 0.3 is 0 Å². The summed E-state index contributed by atoms with van der Waals surface area (Å²) in [7, 11) is 1.94. The van der Waals surface area contributed by atoms with Gasteiger partial charge < -0.3 is 9.88 Å². The number of nitrogens with zero attached hydrogens (tertiary/aromatic N) is 1. The summed E-state index contributed by atoms with van der Waals surface area (Å²) in [5.74, 6) is -0.319. The maximum absolute atomic E-state index is 13.3. The van der Waals surface area contributed by atoms with Crippen molar-refractivity contribution in [2.24, 2.45) is 7.05 Å². The van der Waals surface area contributed by atoms with Crippen molar-refractivity contribution in [3.05, 3.63) is 89.6 Å². The molecule has 1 aliphatic carbocycles. The van der Waals surface area contributed by atoms with Gasteiger partial charge in [0.1, 0.15) is 0 Å². The maximum Gasteiger partial charge on any atom is 0.212 e. The van der Waals surface area contributed by atoms with Crippen molar-refractivity contribution in [2.45, 2.75) is 0 Å². The van der Waals surface area contributed by atoms with Gasteiger partial charge in [-0.15, -0.1) is 0 Å². The van der Waals surface area contributed by atoms with Gasteiger partial charge in [0.15, 0.2) is 5.78 Å². The molecule has 0 radical (unpaired) electrons. The van der Waals surface area contributed by atoms with E-state index < -0.39 is 0 Å². The Morgan fingerprint density at radius 1 is 0.815 bits per heavy atom. The number of carbonyl (C=O) groups is 2. The predicted octanol–water partition coefficient (Wildman–Crippen LogP) is 4.71. The van der Waals surface area contributed by atoms with Crippen molar-refractivity contribution < 1.29 is 9.59 Å². The van der Waals surface area contributed by atoms with Crippen LogP contribution in [-0.4, -0.2) is 16.1 Å². The Hall–Kier alpha value is -3.66. The second kappa shape index (κ2) is 5.68. The first-order valence-electron chi connectivity index (χ1n) is 8.78. The van der Waals surface area contributed by atoms with Gasteiger partial charge in [0, 0.05) is 40.7 Å². The molecule has 5 rings (SSSR count). The number of Topliss-reactive ketones (excluding diaryl/α,β-unsaturated/α-hetero) is 1. The molecule has 130 valence electrons. The molecular weight excluding hydrogens is 336 g/mol. The normalized spacial score (nSPS) is 13.7. The van der Waals surface area contributed by atoms with E-state index in [1.165, 1.54) is 6.08 Å². The molecule has 3 aromatic carbocycles. The number of para-hydroxylation sites is 2. The van der Waals surface area contributed by atoms with Crippen molar-refractivity contribution in [3.63, 3.8) is 0 Å². The minimum Gasteiger partial charge on any atom is -0.352 e. The Morgan fingerprint density at radius 3 is 2.37 bits per heavy atom. The van der Waals surface area contributed by atoms with Crippen LogP contribution in [0.4, 0.5) is 5.69 Å². The van der Waals surface area contributed by atoms with Crippen molar-refractivity contribution >= 4 is 39.1 Å². The van der Waals surface area contributed by atoms with Gasteiger partial charge in [0.05, 0.1) is 16.8 Å². The topological polar surface area (TPSA) is 51.1 Å². The summed E-state index contributed by atoms with van der Waals surface area (Å²) >= 11 is 0. The first kappa shape index (κ1) is 15.6. The molecule has 0 aliphatic heterocycles. The second-order valence-corrected chi connectivity index (χ2v) is 6.70. The van der Waals surface area contributed by atoms with Crippen LogP contribution in [0.2, 0.25) is 0 Å². The van der Waals surface area contributed by atoms with E-state index >= 15 is 0 Å². The third kappa shape index (κ3) is 2.23. The van der Waals surface area contributed by atoms with Gasteiger partial charge in [-0.25, -0.2) is 0 Å². The van der Waals surface area contributed by atoms with Crippen LogP contribution in [0.5, 0.6) is 0 Å². The summed E-state index contributed by atoms with van der Waals surface area (Å²) in [6, 6.07) is 21.1. The lowest BCUT2D eigenvalue weighted by Crippen LogP contribution is -2.22. The molecule has 0 atom stereocenters. The average molecular weight is 352 g/mol. The zero-order chi connectivity index (χ0) is 18.5. The molecular formula is C23H16N2O2. The molecule has 0 fully saturated rings. The molecule has 4 heteroatoms. The van der Waals surface area contributed by atoms with Crippen LogP contribution in [0.1, 0.15) is 20.7 Å². The van der Waals surface area contributed by atoms with Gasteiger partial charge in [0.2, 0.25) is 5.78 Å². The lowest BCUT2D eigenvalue weighted by Gasteiger charge is -2.18. The van der Waals surface area contributed by atoms with E-state index in [0.717, 1.165) is 27.5 Å². The number of hydrogen-bond acceptors (Lipinski definition) is 3. The Labute approximate surface area is 155 Å². The molecule has 0 bridgehead atoms. The van der Waals surface area contributed by atoms with Crippen LogP contribution < -0.4 is 5.32 Å². The number of rotatable bonds is 2. The van der Waals surface area contributed by atoms with Crippen LogP contribution in [0.15, 0.2) is 78.5 Å². The number of allylic oxidation sites excluding steroid dienone is 2. The maximum atomic E-state index is 13.3. The van der Waals surface area contributed by atoms with Crippen molar-refractivity contribution in [2.75, 3.05) is 5.32 Å². The number of carbonyl (C=O) groups excluding carboxylic acids is 2. The molecule has 1 heterocycles. The fraction of sp³-hybridized carbons (Fsp3) is 0.0435. The number of aryl methyl sites for hydroxylation is 1. The van der Waals surface area contributed by atoms with Gasteiger partial charge in [0.25, 0.3) is 0 Å². The highest BCUT2D eigenvalue weighted by Crippen LogP contribution is 2.35. The Morgan fingerprint density at radius 2 is 1.56 bits per heavy atom. The monoisotopic (exact) mass is 352 g/mol.